The molecule has 1 N–H and O–H groups in total. The zero-order valence-corrected chi connectivity index (χ0v) is 12.2. The van der Waals surface area contributed by atoms with Gasteiger partial charge in [0.15, 0.2) is 0 Å². The molecular formula is C16H13Cl2FO. The molecule has 1 atom stereocenters. The van der Waals surface area contributed by atoms with Crippen LogP contribution in [0.15, 0.2) is 36.4 Å². The second kappa shape index (κ2) is 5.03. The van der Waals surface area contributed by atoms with Crippen molar-refractivity contribution in [3.05, 3.63) is 69.0 Å². The maximum Gasteiger partial charge on any atom is 0.123 e. The van der Waals surface area contributed by atoms with Crippen molar-refractivity contribution in [2.45, 2.75) is 24.9 Å². The molecular weight excluding hydrogens is 298 g/mol. The van der Waals surface area contributed by atoms with Crippen LogP contribution in [-0.4, -0.2) is 5.11 Å². The van der Waals surface area contributed by atoms with E-state index >= 15 is 0 Å². The Morgan fingerprint density at radius 3 is 2.65 bits per heavy atom. The number of fused-ring (bicyclic) bond motifs is 1. The first kappa shape index (κ1) is 13.9. The van der Waals surface area contributed by atoms with Crippen LogP contribution in [-0.2, 0) is 18.4 Å². The predicted molar refractivity (Wildman–Crippen MR) is 78.8 cm³/mol. The van der Waals surface area contributed by atoms with E-state index in [9.17, 15) is 9.50 Å². The summed E-state index contributed by atoms with van der Waals surface area (Å²) in [6.07, 6.45) is 1.72. The van der Waals surface area contributed by atoms with Gasteiger partial charge in [-0.2, -0.15) is 0 Å². The van der Waals surface area contributed by atoms with Gasteiger partial charge in [-0.3, -0.25) is 0 Å². The lowest BCUT2D eigenvalue weighted by molar-refractivity contribution is 0.0389. The monoisotopic (exact) mass is 310 g/mol. The molecule has 3 rings (SSSR count). The van der Waals surface area contributed by atoms with E-state index in [2.05, 4.69) is 0 Å². The maximum absolute atomic E-state index is 13.2. The molecule has 0 heterocycles. The van der Waals surface area contributed by atoms with E-state index in [0.29, 0.717) is 29.3 Å². The number of hydrogen-bond acceptors (Lipinski definition) is 1. The summed E-state index contributed by atoms with van der Waals surface area (Å²) in [6, 6.07) is 9.92. The van der Waals surface area contributed by atoms with Crippen LogP contribution in [0.4, 0.5) is 4.39 Å². The minimum Gasteiger partial charge on any atom is -0.385 e. The number of aryl methyl sites for hydroxylation is 1. The van der Waals surface area contributed by atoms with Gasteiger partial charge in [0.05, 0.1) is 15.6 Å². The zero-order chi connectivity index (χ0) is 14.3. The molecule has 0 bridgehead atoms. The lowest BCUT2D eigenvalue weighted by Gasteiger charge is -2.24. The molecule has 20 heavy (non-hydrogen) atoms. The largest absolute Gasteiger partial charge is 0.385 e. The average Bonchev–Trinajstić information content (AvgIpc) is 2.71. The molecule has 1 aliphatic rings. The van der Waals surface area contributed by atoms with Gasteiger partial charge in [0.25, 0.3) is 0 Å². The highest BCUT2D eigenvalue weighted by atomic mass is 35.5. The van der Waals surface area contributed by atoms with Crippen molar-refractivity contribution in [3.8, 4) is 0 Å². The Kier molecular flexibility index (Phi) is 3.49. The van der Waals surface area contributed by atoms with Gasteiger partial charge >= 0.3 is 0 Å². The molecule has 0 saturated heterocycles. The topological polar surface area (TPSA) is 20.2 Å². The highest BCUT2D eigenvalue weighted by molar-refractivity contribution is 6.42. The first-order valence-corrected chi connectivity index (χ1v) is 7.19. The SMILES string of the molecule is OC1(Cc2ccc(Cl)c(Cl)c2)CCc2cc(F)ccc21. The highest BCUT2D eigenvalue weighted by Crippen LogP contribution is 2.40. The first-order chi connectivity index (χ1) is 9.48. The maximum atomic E-state index is 13.2. The fourth-order valence-corrected chi connectivity index (χ4v) is 3.19. The molecule has 1 nitrogen and oxygen atoms in total. The van der Waals surface area contributed by atoms with Crippen molar-refractivity contribution in [1.82, 2.24) is 0 Å². The van der Waals surface area contributed by atoms with Gasteiger partial charge < -0.3 is 5.11 Å². The minimum absolute atomic E-state index is 0.262. The molecule has 0 spiro atoms. The van der Waals surface area contributed by atoms with Crippen LogP contribution >= 0.6 is 23.2 Å². The van der Waals surface area contributed by atoms with Gasteiger partial charge in [0.2, 0.25) is 0 Å². The minimum atomic E-state index is -0.958. The Morgan fingerprint density at radius 1 is 1.10 bits per heavy atom. The lowest BCUT2D eigenvalue weighted by atomic mass is 9.89. The van der Waals surface area contributed by atoms with Gasteiger partial charge in [0.1, 0.15) is 5.82 Å². The van der Waals surface area contributed by atoms with Crippen LogP contribution in [0.25, 0.3) is 0 Å². The first-order valence-electron chi connectivity index (χ1n) is 6.43. The Bertz CT molecular complexity index is 672. The van der Waals surface area contributed by atoms with Crippen molar-refractivity contribution < 1.29 is 9.50 Å². The standard InChI is InChI=1S/C16H13Cl2FO/c17-14-4-1-10(7-15(14)18)9-16(20)6-5-11-8-12(19)2-3-13(11)16/h1-4,7-8,20H,5-6,9H2. The normalized spacial score (nSPS) is 21.0. The van der Waals surface area contributed by atoms with Gasteiger partial charge in [-0.1, -0.05) is 35.3 Å². The molecule has 0 amide bonds. The Hall–Kier alpha value is -1.09. The molecule has 0 aliphatic heterocycles. The number of halogens is 3. The number of aliphatic hydroxyl groups is 1. The number of rotatable bonds is 2. The van der Waals surface area contributed by atoms with Crippen molar-refractivity contribution >= 4 is 23.2 Å². The van der Waals surface area contributed by atoms with E-state index in [1.807, 2.05) is 6.07 Å². The zero-order valence-electron chi connectivity index (χ0n) is 10.7. The molecule has 1 unspecified atom stereocenters. The van der Waals surface area contributed by atoms with Crippen LogP contribution in [0.3, 0.4) is 0 Å². The number of benzene rings is 2. The third-order valence-corrected chi connectivity index (χ3v) is 4.60. The van der Waals surface area contributed by atoms with Gasteiger partial charge in [-0.25, -0.2) is 4.39 Å². The second-order valence-electron chi connectivity index (χ2n) is 5.26. The van der Waals surface area contributed by atoms with E-state index in [1.54, 1.807) is 18.2 Å². The summed E-state index contributed by atoms with van der Waals surface area (Å²) in [4.78, 5) is 0. The summed E-state index contributed by atoms with van der Waals surface area (Å²) in [5.41, 5.74) is 1.65. The number of hydrogen-bond donors (Lipinski definition) is 1. The van der Waals surface area contributed by atoms with Crippen LogP contribution in [0.1, 0.15) is 23.1 Å². The average molecular weight is 311 g/mol. The van der Waals surface area contributed by atoms with Crippen molar-refractivity contribution in [1.29, 1.82) is 0 Å². The van der Waals surface area contributed by atoms with Crippen LogP contribution in [0.5, 0.6) is 0 Å². The summed E-state index contributed by atoms with van der Waals surface area (Å²) in [7, 11) is 0. The fourth-order valence-electron chi connectivity index (χ4n) is 2.87. The van der Waals surface area contributed by atoms with Crippen LogP contribution < -0.4 is 0 Å². The van der Waals surface area contributed by atoms with Gasteiger partial charge in [-0.05, 0) is 53.8 Å². The van der Waals surface area contributed by atoms with E-state index in [1.165, 1.54) is 12.1 Å². The van der Waals surface area contributed by atoms with Gasteiger partial charge in [-0.15, -0.1) is 0 Å². The molecule has 2 aromatic rings. The van der Waals surface area contributed by atoms with Crippen LogP contribution in [0, 0.1) is 5.82 Å². The van der Waals surface area contributed by atoms with Crippen molar-refractivity contribution in [3.63, 3.8) is 0 Å². The predicted octanol–water partition coefficient (Wildman–Crippen LogP) is 4.51. The molecule has 0 aromatic heterocycles. The summed E-state index contributed by atoms with van der Waals surface area (Å²) >= 11 is 11.9. The quantitative estimate of drug-likeness (QED) is 0.865. The summed E-state index contributed by atoms with van der Waals surface area (Å²) in [5.74, 6) is -0.262. The molecule has 0 fully saturated rings. The van der Waals surface area contributed by atoms with E-state index in [-0.39, 0.29) is 5.82 Å². The molecule has 0 saturated carbocycles. The summed E-state index contributed by atoms with van der Waals surface area (Å²) < 4.78 is 13.2. The summed E-state index contributed by atoms with van der Waals surface area (Å²) in [5, 5.41) is 11.8. The highest BCUT2D eigenvalue weighted by Gasteiger charge is 2.36. The Morgan fingerprint density at radius 2 is 1.90 bits per heavy atom. The third kappa shape index (κ3) is 2.44. The van der Waals surface area contributed by atoms with Crippen molar-refractivity contribution in [2.24, 2.45) is 0 Å². The molecule has 1 aliphatic carbocycles. The van der Waals surface area contributed by atoms with E-state index < -0.39 is 5.60 Å². The Balaban J connectivity index is 1.93. The smallest absolute Gasteiger partial charge is 0.123 e. The van der Waals surface area contributed by atoms with Gasteiger partial charge in [0, 0.05) is 6.42 Å². The van der Waals surface area contributed by atoms with Crippen molar-refractivity contribution in [2.75, 3.05) is 0 Å². The molecule has 2 aromatic carbocycles. The molecule has 4 heteroatoms. The summed E-state index contributed by atoms with van der Waals surface area (Å²) in [6.45, 7) is 0. The third-order valence-electron chi connectivity index (χ3n) is 3.86. The lowest BCUT2D eigenvalue weighted by Crippen LogP contribution is -2.25. The fraction of sp³-hybridized carbons (Fsp3) is 0.250. The van der Waals surface area contributed by atoms with E-state index in [4.69, 9.17) is 23.2 Å². The van der Waals surface area contributed by atoms with Crippen LogP contribution in [0.2, 0.25) is 10.0 Å². The Labute approximate surface area is 127 Å². The second-order valence-corrected chi connectivity index (χ2v) is 6.07. The van der Waals surface area contributed by atoms with E-state index in [0.717, 1.165) is 16.7 Å². The molecule has 0 radical (unpaired) electrons. The molecule has 104 valence electrons.